The molecule has 0 unspecified atom stereocenters. The molecule has 2 aliphatic rings. The fraction of sp³-hybridized carbons (Fsp3) is 0.280. The van der Waals surface area contributed by atoms with Crippen molar-refractivity contribution in [2.45, 2.75) is 19.9 Å². The van der Waals surface area contributed by atoms with Crippen LogP contribution in [0.3, 0.4) is 0 Å². The van der Waals surface area contributed by atoms with Crippen LogP contribution in [0.25, 0.3) is 0 Å². The number of rotatable bonds is 9. The summed E-state index contributed by atoms with van der Waals surface area (Å²) in [6.45, 7) is 3.25. The molecular formula is C25H25ClN4O8. The van der Waals surface area contributed by atoms with E-state index in [1.807, 2.05) is 0 Å². The van der Waals surface area contributed by atoms with Gasteiger partial charge in [-0.2, -0.15) is 5.10 Å². The number of hydrazone groups is 1. The highest BCUT2D eigenvalue weighted by Gasteiger charge is 2.32. The quantitative estimate of drug-likeness (QED) is 0.248. The predicted octanol–water partition coefficient (Wildman–Crippen LogP) is 2.80. The Labute approximate surface area is 222 Å². The monoisotopic (exact) mass is 544 g/mol. The molecule has 0 spiro atoms. The van der Waals surface area contributed by atoms with E-state index in [-0.39, 0.29) is 31.3 Å². The molecule has 0 aromatic heterocycles. The molecule has 13 heteroatoms. The molecular weight excluding hydrogens is 520 g/mol. The largest absolute Gasteiger partial charge is 0.493 e. The van der Waals surface area contributed by atoms with E-state index in [1.165, 1.54) is 13.3 Å². The summed E-state index contributed by atoms with van der Waals surface area (Å²) in [6.07, 6.45) is 1.38. The number of hydrogen-bond acceptors (Lipinski definition) is 9. The number of esters is 1. The fourth-order valence-corrected chi connectivity index (χ4v) is 3.99. The van der Waals surface area contributed by atoms with Gasteiger partial charge < -0.3 is 34.3 Å². The lowest BCUT2D eigenvalue weighted by molar-refractivity contribution is -0.139. The molecule has 0 radical (unpaired) electrons. The number of amides is 3. The third-order valence-electron chi connectivity index (χ3n) is 5.53. The SMILES string of the molecule is CCOC(=O)C1=C(C)NC(=O)N[C@H]1c1ccc(OCC(=O)N/N=C\c2cc3c(cc2Cl)OCO3)c(OC)c1. The molecule has 0 aliphatic carbocycles. The predicted molar refractivity (Wildman–Crippen MR) is 136 cm³/mol. The average Bonchev–Trinajstić information content (AvgIpc) is 3.34. The van der Waals surface area contributed by atoms with E-state index in [2.05, 4.69) is 21.2 Å². The topological polar surface area (TPSA) is 146 Å². The summed E-state index contributed by atoms with van der Waals surface area (Å²) in [5.74, 6) is 0.548. The maximum absolute atomic E-state index is 12.5. The number of halogens is 1. The Bertz CT molecular complexity index is 1330. The van der Waals surface area contributed by atoms with E-state index in [1.54, 1.807) is 44.2 Å². The van der Waals surface area contributed by atoms with Gasteiger partial charge in [0.25, 0.3) is 5.91 Å². The Hall–Kier alpha value is -4.45. The standard InChI is InChI=1S/C25H25ClN4O8/c1-4-35-24(32)22-13(2)28-25(33)29-23(22)14-5-6-17(18(7-14)34-3)36-11-21(31)30-27-10-15-8-19-20(9-16(15)26)38-12-37-19/h5-10,23H,4,11-12H2,1-3H3,(H,30,31)(H2,28,29,33)/b27-10-/t23-/m0/s1. The second kappa shape index (κ2) is 11.7. The van der Waals surface area contributed by atoms with Crippen molar-refractivity contribution in [3.8, 4) is 23.0 Å². The Kier molecular flexibility index (Phi) is 8.22. The Balaban J connectivity index is 1.41. The van der Waals surface area contributed by atoms with Gasteiger partial charge in [0.05, 0.1) is 36.6 Å². The zero-order valence-electron chi connectivity index (χ0n) is 20.8. The minimum absolute atomic E-state index is 0.111. The molecule has 2 aromatic carbocycles. The molecule has 2 aliphatic heterocycles. The lowest BCUT2D eigenvalue weighted by atomic mass is 9.95. The van der Waals surface area contributed by atoms with Crippen LogP contribution in [0.2, 0.25) is 5.02 Å². The lowest BCUT2D eigenvalue weighted by Gasteiger charge is -2.28. The van der Waals surface area contributed by atoms with E-state index in [0.717, 1.165) is 0 Å². The minimum atomic E-state index is -0.772. The van der Waals surface area contributed by atoms with Crippen molar-refractivity contribution in [3.05, 3.63) is 57.8 Å². The van der Waals surface area contributed by atoms with Gasteiger partial charge >= 0.3 is 12.0 Å². The lowest BCUT2D eigenvalue weighted by Crippen LogP contribution is -2.45. The molecule has 12 nitrogen and oxygen atoms in total. The molecule has 0 saturated carbocycles. The van der Waals surface area contributed by atoms with Gasteiger partial charge in [-0.15, -0.1) is 0 Å². The highest BCUT2D eigenvalue weighted by atomic mass is 35.5. The van der Waals surface area contributed by atoms with Crippen LogP contribution in [0.1, 0.15) is 31.0 Å². The van der Waals surface area contributed by atoms with Gasteiger partial charge in [0.2, 0.25) is 6.79 Å². The first-order valence-corrected chi connectivity index (χ1v) is 11.9. The molecule has 0 fully saturated rings. The molecule has 0 bridgehead atoms. The van der Waals surface area contributed by atoms with E-state index < -0.39 is 23.9 Å². The molecule has 4 rings (SSSR count). The summed E-state index contributed by atoms with van der Waals surface area (Å²) in [7, 11) is 1.43. The first-order chi connectivity index (χ1) is 18.3. The summed E-state index contributed by atoms with van der Waals surface area (Å²) in [4.78, 5) is 36.9. The number of hydrogen-bond donors (Lipinski definition) is 3. The highest BCUT2D eigenvalue weighted by Crippen LogP contribution is 2.36. The van der Waals surface area contributed by atoms with Crippen LogP contribution in [0, 0.1) is 0 Å². The summed E-state index contributed by atoms with van der Waals surface area (Å²) >= 11 is 6.19. The number of fused-ring (bicyclic) bond motifs is 1. The Morgan fingerprint density at radius 2 is 1.97 bits per heavy atom. The summed E-state index contributed by atoms with van der Waals surface area (Å²) < 4.78 is 26.7. The van der Waals surface area contributed by atoms with Crippen molar-refractivity contribution in [2.24, 2.45) is 5.10 Å². The zero-order valence-corrected chi connectivity index (χ0v) is 21.5. The minimum Gasteiger partial charge on any atom is -0.493 e. The van der Waals surface area contributed by atoms with Crippen LogP contribution < -0.4 is 35.0 Å². The van der Waals surface area contributed by atoms with Gasteiger partial charge in [0.1, 0.15) is 0 Å². The summed E-state index contributed by atoms with van der Waals surface area (Å²) in [5.41, 5.74) is 4.10. The Morgan fingerprint density at radius 1 is 1.21 bits per heavy atom. The molecule has 200 valence electrons. The van der Waals surface area contributed by atoms with Gasteiger partial charge in [-0.05, 0) is 37.6 Å². The Morgan fingerprint density at radius 3 is 2.71 bits per heavy atom. The number of nitrogens with one attached hydrogen (secondary N) is 3. The van der Waals surface area contributed by atoms with Gasteiger partial charge in [-0.1, -0.05) is 17.7 Å². The molecule has 1 atom stereocenters. The number of carbonyl (C=O) groups excluding carboxylic acids is 3. The molecule has 2 aromatic rings. The van der Waals surface area contributed by atoms with Crippen LogP contribution in [0.5, 0.6) is 23.0 Å². The average molecular weight is 545 g/mol. The van der Waals surface area contributed by atoms with Crippen molar-refractivity contribution in [1.29, 1.82) is 0 Å². The van der Waals surface area contributed by atoms with Crippen molar-refractivity contribution in [1.82, 2.24) is 16.1 Å². The normalized spacial score (nSPS) is 16.1. The van der Waals surface area contributed by atoms with Crippen LogP contribution >= 0.6 is 11.6 Å². The first kappa shape index (κ1) is 26.6. The van der Waals surface area contributed by atoms with Crippen LogP contribution in [0.15, 0.2) is 46.7 Å². The van der Waals surface area contributed by atoms with E-state index in [4.69, 9.17) is 35.3 Å². The third kappa shape index (κ3) is 5.92. The van der Waals surface area contributed by atoms with E-state index in [9.17, 15) is 14.4 Å². The third-order valence-corrected chi connectivity index (χ3v) is 5.86. The fourth-order valence-electron chi connectivity index (χ4n) is 3.79. The van der Waals surface area contributed by atoms with Gasteiger partial charge in [-0.3, -0.25) is 4.79 Å². The highest BCUT2D eigenvalue weighted by molar-refractivity contribution is 6.33. The maximum atomic E-state index is 12.5. The summed E-state index contributed by atoms with van der Waals surface area (Å²) in [6, 6.07) is 6.86. The molecule has 3 N–H and O–H groups in total. The number of methoxy groups -OCH3 is 1. The van der Waals surface area contributed by atoms with Crippen molar-refractivity contribution >= 4 is 35.7 Å². The van der Waals surface area contributed by atoms with Gasteiger partial charge in [0.15, 0.2) is 29.6 Å². The number of urea groups is 1. The molecule has 0 saturated heterocycles. The number of nitrogens with zero attached hydrogens (tertiary/aromatic N) is 1. The summed E-state index contributed by atoms with van der Waals surface area (Å²) in [5, 5.41) is 9.58. The number of allylic oxidation sites excluding steroid dienone is 1. The zero-order chi connectivity index (χ0) is 27.2. The number of ether oxygens (including phenoxy) is 5. The number of carbonyl (C=O) groups is 3. The molecule has 3 amide bonds. The first-order valence-electron chi connectivity index (χ1n) is 11.5. The maximum Gasteiger partial charge on any atom is 0.338 e. The number of benzene rings is 2. The van der Waals surface area contributed by atoms with Crippen molar-refractivity contribution in [3.63, 3.8) is 0 Å². The van der Waals surface area contributed by atoms with Crippen LogP contribution in [0.4, 0.5) is 4.79 Å². The van der Waals surface area contributed by atoms with E-state index in [0.29, 0.717) is 39.1 Å². The van der Waals surface area contributed by atoms with Crippen molar-refractivity contribution < 1.29 is 38.1 Å². The second-order valence-corrected chi connectivity index (χ2v) is 8.42. The molecule has 38 heavy (non-hydrogen) atoms. The van der Waals surface area contributed by atoms with Crippen LogP contribution in [-0.2, 0) is 14.3 Å². The smallest absolute Gasteiger partial charge is 0.338 e. The molecule has 2 heterocycles. The van der Waals surface area contributed by atoms with Crippen molar-refractivity contribution in [2.75, 3.05) is 27.1 Å². The van der Waals surface area contributed by atoms with Crippen LogP contribution in [-0.4, -0.2) is 51.2 Å². The van der Waals surface area contributed by atoms with Gasteiger partial charge in [-0.25, -0.2) is 15.0 Å². The second-order valence-electron chi connectivity index (χ2n) is 8.01. The van der Waals surface area contributed by atoms with E-state index >= 15 is 0 Å². The van der Waals surface area contributed by atoms with Gasteiger partial charge in [0, 0.05) is 17.3 Å².